The van der Waals surface area contributed by atoms with Gasteiger partial charge >= 0.3 is 0 Å². The molecule has 1 amide bonds. The summed E-state index contributed by atoms with van der Waals surface area (Å²) in [6.45, 7) is 0.690. The minimum atomic E-state index is -0.285. The molecule has 0 aliphatic rings. The van der Waals surface area contributed by atoms with Crippen molar-refractivity contribution < 1.29 is 4.79 Å². The molecule has 0 aliphatic heterocycles. The van der Waals surface area contributed by atoms with Crippen LogP contribution in [0.2, 0.25) is 5.02 Å². The number of para-hydroxylation sites is 1. The summed E-state index contributed by atoms with van der Waals surface area (Å²) in [6.07, 6.45) is 5.86. The average Bonchev–Trinajstić information content (AvgIpc) is 3.12. The number of H-pyrrole nitrogens is 1. The van der Waals surface area contributed by atoms with E-state index in [0.717, 1.165) is 11.9 Å². The highest BCUT2D eigenvalue weighted by Gasteiger charge is 2.08. The molecule has 2 aromatic heterocycles. The van der Waals surface area contributed by atoms with Gasteiger partial charge in [-0.15, -0.1) is 0 Å². The highest BCUT2D eigenvalue weighted by atomic mass is 35.5. The van der Waals surface area contributed by atoms with Crippen molar-refractivity contribution in [3.05, 3.63) is 83.3 Å². The molecule has 2 heterocycles. The molecule has 0 radical (unpaired) electrons. The van der Waals surface area contributed by atoms with E-state index in [1.165, 1.54) is 23.3 Å². The highest BCUT2D eigenvalue weighted by molar-refractivity contribution is 6.30. The van der Waals surface area contributed by atoms with E-state index in [-0.39, 0.29) is 5.91 Å². The van der Waals surface area contributed by atoms with Crippen LogP contribution in [-0.2, 0) is 6.42 Å². The summed E-state index contributed by atoms with van der Waals surface area (Å²) < 4.78 is 0. The molecule has 0 unspecified atom stereocenters. The van der Waals surface area contributed by atoms with Gasteiger partial charge in [0.15, 0.2) is 0 Å². The molecule has 0 saturated carbocycles. The molecule has 140 valence electrons. The number of amides is 1. The van der Waals surface area contributed by atoms with E-state index in [4.69, 9.17) is 11.6 Å². The normalized spacial score (nSPS) is 10.8. The van der Waals surface area contributed by atoms with Gasteiger partial charge in [-0.1, -0.05) is 35.9 Å². The lowest BCUT2D eigenvalue weighted by Gasteiger charge is -2.07. The van der Waals surface area contributed by atoms with Gasteiger partial charge in [0.25, 0.3) is 5.91 Å². The van der Waals surface area contributed by atoms with Crippen LogP contribution in [0.15, 0.2) is 67.1 Å². The van der Waals surface area contributed by atoms with Gasteiger partial charge in [0, 0.05) is 46.7 Å². The Balaban J connectivity index is 1.33. The first-order valence-electron chi connectivity index (χ1n) is 8.87. The maximum Gasteiger partial charge on any atom is 0.258 e. The second-order valence-corrected chi connectivity index (χ2v) is 6.73. The number of aromatic nitrogens is 3. The number of carbonyl (C=O) groups excluding carboxylic acids is 1. The van der Waals surface area contributed by atoms with Crippen molar-refractivity contribution in [1.82, 2.24) is 15.0 Å². The van der Waals surface area contributed by atoms with E-state index in [1.54, 1.807) is 24.3 Å². The summed E-state index contributed by atoms with van der Waals surface area (Å²) in [5.41, 5.74) is 3.37. The Kier molecular flexibility index (Phi) is 5.21. The van der Waals surface area contributed by atoms with Crippen LogP contribution >= 0.6 is 11.6 Å². The Morgan fingerprint density at radius 3 is 2.71 bits per heavy atom. The Hall–Kier alpha value is -3.38. The zero-order valence-corrected chi connectivity index (χ0v) is 15.7. The largest absolute Gasteiger partial charge is 0.361 e. The van der Waals surface area contributed by atoms with E-state index >= 15 is 0 Å². The molecule has 3 N–H and O–H groups in total. The van der Waals surface area contributed by atoms with Gasteiger partial charge in [0.1, 0.15) is 0 Å². The summed E-state index contributed by atoms with van der Waals surface area (Å²) in [7, 11) is 0. The topological polar surface area (TPSA) is 82.7 Å². The fraction of sp³-hybridized carbons (Fsp3) is 0.0952. The Morgan fingerprint density at radius 2 is 1.89 bits per heavy atom. The van der Waals surface area contributed by atoms with Gasteiger partial charge in [-0.3, -0.25) is 4.79 Å². The molecule has 6 nitrogen and oxygen atoms in total. The third kappa shape index (κ3) is 4.13. The summed E-state index contributed by atoms with van der Waals surface area (Å²) in [5, 5.41) is 7.74. The van der Waals surface area contributed by atoms with E-state index in [1.807, 2.05) is 18.3 Å². The molecule has 0 fully saturated rings. The van der Waals surface area contributed by atoms with Crippen LogP contribution in [0.5, 0.6) is 0 Å². The predicted molar refractivity (Wildman–Crippen MR) is 112 cm³/mol. The first-order valence-corrected chi connectivity index (χ1v) is 9.25. The van der Waals surface area contributed by atoms with Crippen LogP contribution < -0.4 is 10.6 Å². The van der Waals surface area contributed by atoms with Gasteiger partial charge in [-0.25, -0.2) is 9.97 Å². The number of nitrogens with one attached hydrogen (secondary N) is 3. The van der Waals surface area contributed by atoms with Gasteiger partial charge in [0.05, 0.1) is 5.56 Å². The third-order valence-electron chi connectivity index (χ3n) is 4.35. The minimum Gasteiger partial charge on any atom is -0.361 e. The SMILES string of the molecule is O=C(Nc1cccc(Cl)c1)c1cnc(NCCc2c[nH]c3ccccc23)nc1. The number of halogens is 1. The van der Waals surface area contributed by atoms with Crippen LogP contribution in [0.4, 0.5) is 11.6 Å². The number of carbonyl (C=O) groups is 1. The first-order chi connectivity index (χ1) is 13.7. The lowest BCUT2D eigenvalue weighted by molar-refractivity contribution is 0.102. The third-order valence-corrected chi connectivity index (χ3v) is 4.58. The second-order valence-electron chi connectivity index (χ2n) is 6.30. The van der Waals surface area contributed by atoms with Crippen molar-refractivity contribution >= 4 is 40.0 Å². The number of nitrogens with zero attached hydrogens (tertiary/aromatic N) is 2. The van der Waals surface area contributed by atoms with Crippen LogP contribution in [0.3, 0.4) is 0 Å². The summed E-state index contributed by atoms with van der Waals surface area (Å²) in [6, 6.07) is 15.2. The molecule has 7 heteroatoms. The zero-order chi connectivity index (χ0) is 19.3. The van der Waals surface area contributed by atoms with E-state index in [2.05, 4.69) is 37.7 Å². The molecule has 0 atom stereocenters. The van der Waals surface area contributed by atoms with E-state index in [0.29, 0.717) is 28.8 Å². The molecular weight excluding hydrogens is 374 g/mol. The molecule has 0 spiro atoms. The number of anilines is 2. The van der Waals surface area contributed by atoms with Crippen molar-refractivity contribution in [2.45, 2.75) is 6.42 Å². The van der Waals surface area contributed by atoms with Crippen LogP contribution in [0.25, 0.3) is 10.9 Å². The lowest BCUT2D eigenvalue weighted by Crippen LogP contribution is -2.14. The number of fused-ring (bicyclic) bond motifs is 1. The van der Waals surface area contributed by atoms with Crippen LogP contribution in [0.1, 0.15) is 15.9 Å². The smallest absolute Gasteiger partial charge is 0.258 e. The average molecular weight is 392 g/mol. The summed E-state index contributed by atoms with van der Waals surface area (Å²) >= 11 is 5.93. The monoisotopic (exact) mass is 391 g/mol. The minimum absolute atomic E-state index is 0.285. The van der Waals surface area contributed by atoms with Crippen molar-refractivity contribution in [1.29, 1.82) is 0 Å². The molecule has 4 aromatic rings. The zero-order valence-electron chi connectivity index (χ0n) is 14.9. The van der Waals surface area contributed by atoms with Crippen LogP contribution in [-0.4, -0.2) is 27.4 Å². The van der Waals surface area contributed by atoms with E-state index < -0.39 is 0 Å². The Morgan fingerprint density at radius 1 is 1.07 bits per heavy atom. The fourth-order valence-corrected chi connectivity index (χ4v) is 3.14. The standard InChI is InChI=1S/C21H18ClN5O/c22-16-4-3-5-17(10-16)27-20(28)15-12-25-21(26-13-15)23-9-8-14-11-24-19-7-2-1-6-18(14)19/h1-7,10-13,24H,8-9H2,(H,27,28)(H,23,25,26). The molecule has 0 saturated heterocycles. The molecule has 28 heavy (non-hydrogen) atoms. The Bertz CT molecular complexity index is 1110. The number of benzene rings is 2. The first kappa shape index (κ1) is 18.0. The number of hydrogen-bond acceptors (Lipinski definition) is 4. The number of hydrogen-bond donors (Lipinski definition) is 3. The van der Waals surface area contributed by atoms with Gasteiger partial charge in [0.2, 0.25) is 5.95 Å². The van der Waals surface area contributed by atoms with E-state index in [9.17, 15) is 4.79 Å². The van der Waals surface area contributed by atoms with Crippen molar-refractivity contribution in [3.8, 4) is 0 Å². The summed E-state index contributed by atoms with van der Waals surface area (Å²) in [5.74, 6) is 0.201. The maximum atomic E-state index is 12.3. The second kappa shape index (κ2) is 8.10. The molecule has 4 rings (SSSR count). The molecule has 0 aliphatic carbocycles. The van der Waals surface area contributed by atoms with Gasteiger partial charge in [-0.05, 0) is 36.2 Å². The van der Waals surface area contributed by atoms with Crippen LogP contribution in [0, 0.1) is 0 Å². The predicted octanol–water partition coefficient (Wildman–Crippen LogP) is 4.52. The molecule has 0 bridgehead atoms. The lowest BCUT2D eigenvalue weighted by atomic mass is 10.1. The highest BCUT2D eigenvalue weighted by Crippen LogP contribution is 2.18. The molecule has 2 aromatic carbocycles. The number of rotatable bonds is 6. The maximum absolute atomic E-state index is 12.3. The number of aromatic amines is 1. The van der Waals surface area contributed by atoms with Crippen molar-refractivity contribution in [2.75, 3.05) is 17.2 Å². The van der Waals surface area contributed by atoms with Crippen molar-refractivity contribution in [3.63, 3.8) is 0 Å². The van der Waals surface area contributed by atoms with Crippen molar-refractivity contribution in [2.24, 2.45) is 0 Å². The summed E-state index contributed by atoms with van der Waals surface area (Å²) in [4.78, 5) is 24.0. The molecular formula is C21H18ClN5O. The van der Waals surface area contributed by atoms with Gasteiger partial charge < -0.3 is 15.6 Å². The Labute approximate surface area is 167 Å². The fourth-order valence-electron chi connectivity index (χ4n) is 2.95. The quantitative estimate of drug-likeness (QED) is 0.451. The van der Waals surface area contributed by atoms with Gasteiger partial charge in [-0.2, -0.15) is 0 Å².